The second kappa shape index (κ2) is 17.7. The lowest BCUT2D eigenvalue weighted by molar-refractivity contribution is -0.136. The molecule has 0 radical (unpaired) electrons. The van der Waals surface area contributed by atoms with E-state index in [0.717, 1.165) is 64.2 Å². The van der Waals surface area contributed by atoms with Gasteiger partial charge in [0, 0.05) is 20.2 Å². The minimum Gasteiger partial charge on any atom is -0.400 e. The first-order valence-electron chi connectivity index (χ1n) is 11.9. The van der Waals surface area contributed by atoms with E-state index in [1.165, 1.54) is 34.3 Å². The van der Waals surface area contributed by atoms with E-state index in [1.807, 2.05) is 13.8 Å². The molecule has 184 valence electrons. The molecule has 0 aromatic carbocycles. The fourth-order valence-electron chi connectivity index (χ4n) is 3.33. The van der Waals surface area contributed by atoms with Crippen molar-refractivity contribution in [1.82, 2.24) is 8.61 Å². The van der Waals surface area contributed by atoms with Crippen molar-refractivity contribution < 1.29 is 23.1 Å². The Morgan fingerprint density at radius 3 is 1.52 bits per heavy atom. The second-order valence-corrected chi connectivity index (χ2v) is 11.1. The van der Waals surface area contributed by atoms with Gasteiger partial charge in [-0.2, -0.15) is 0 Å². The molecule has 1 heterocycles. The number of nitrogens with zero attached hydrogens (tertiary/aromatic N) is 2. The summed E-state index contributed by atoms with van der Waals surface area (Å²) in [6.07, 6.45) is 11.8. The zero-order valence-electron chi connectivity index (χ0n) is 20.0. The number of amides is 2. The Morgan fingerprint density at radius 2 is 1.10 bits per heavy atom. The largest absolute Gasteiger partial charge is 0.400 e. The molecule has 31 heavy (non-hydrogen) atoms. The Balaban J connectivity index is 0.00000436. The van der Waals surface area contributed by atoms with Crippen molar-refractivity contribution in [2.75, 3.05) is 26.0 Å². The lowest BCUT2D eigenvalue weighted by Crippen LogP contribution is -2.56. The highest BCUT2D eigenvalue weighted by atomic mass is 32.2. The highest BCUT2D eigenvalue weighted by molar-refractivity contribution is 7.97. The standard InChI is InChI=1S/C21H40N2O4S2.CH4O/c1-4-7-10-11-12-13-14-15-18-29(26,27)19-20(24)22(16-8-5-2)28-23(21(19)25)17-9-6-3;1-2/h19H,4-18H2,1-3H3;2H,1H3. The third kappa shape index (κ3) is 11.1. The van der Waals surface area contributed by atoms with Crippen molar-refractivity contribution in [3.8, 4) is 0 Å². The van der Waals surface area contributed by atoms with Gasteiger partial charge in [0.1, 0.15) is 0 Å². The molecule has 1 rings (SSSR count). The highest BCUT2D eigenvalue weighted by Gasteiger charge is 2.48. The van der Waals surface area contributed by atoms with Gasteiger partial charge < -0.3 is 5.11 Å². The fourth-order valence-corrected chi connectivity index (χ4v) is 6.21. The van der Waals surface area contributed by atoms with E-state index < -0.39 is 26.9 Å². The summed E-state index contributed by atoms with van der Waals surface area (Å²) in [7, 11) is -2.79. The van der Waals surface area contributed by atoms with Crippen LogP contribution in [-0.4, -0.2) is 65.2 Å². The Kier molecular flexibility index (Phi) is 17.3. The van der Waals surface area contributed by atoms with Crippen molar-refractivity contribution in [1.29, 1.82) is 0 Å². The van der Waals surface area contributed by atoms with Gasteiger partial charge in [-0.3, -0.25) is 18.2 Å². The molecule has 0 atom stereocenters. The molecule has 1 aliphatic heterocycles. The van der Waals surface area contributed by atoms with Crippen molar-refractivity contribution in [2.45, 2.75) is 103 Å². The average Bonchev–Trinajstić information content (AvgIpc) is 2.75. The van der Waals surface area contributed by atoms with E-state index in [-0.39, 0.29) is 5.75 Å². The molecule has 0 saturated carbocycles. The molecule has 1 N–H and O–H groups in total. The summed E-state index contributed by atoms with van der Waals surface area (Å²) in [5.74, 6) is -1.20. The number of carbonyl (C=O) groups is 2. The minimum atomic E-state index is -3.79. The van der Waals surface area contributed by atoms with Gasteiger partial charge in [0.05, 0.1) is 17.9 Å². The zero-order chi connectivity index (χ0) is 23.7. The molecule has 0 bridgehead atoms. The molecule has 1 fully saturated rings. The van der Waals surface area contributed by atoms with Crippen LogP contribution in [0, 0.1) is 0 Å². The zero-order valence-corrected chi connectivity index (χ0v) is 21.6. The summed E-state index contributed by atoms with van der Waals surface area (Å²) in [5.41, 5.74) is 0. The first-order valence-corrected chi connectivity index (χ1v) is 14.3. The third-order valence-corrected chi connectivity index (χ3v) is 8.31. The highest BCUT2D eigenvalue weighted by Crippen LogP contribution is 2.29. The van der Waals surface area contributed by atoms with E-state index in [2.05, 4.69) is 6.92 Å². The number of aliphatic hydroxyl groups excluding tert-OH is 1. The van der Waals surface area contributed by atoms with Crippen LogP contribution in [0.25, 0.3) is 0 Å². The fraction of sp³-hybridized carbons (Fsp3) is 0.909. The molecule has 1 saturated heterocycles. The SMILES string of the molecule is CCCCCCCCCCS(=O)(=O)C1C(=O)N(CCCC)SN(CCCC)C1=O.CO. The van der Waals surface area contributed by atoms with Gasteiger partial charge in [-0.25, -0.2) is 8.42 Å². The van der Waals surface area contributed by atoms with Crippen LogP contribution in [0.15, 0.2) is 0 Å². The summed E-state index contributed by atoms with van der Waals surface area (Å²) in [5, 5.41) is 5.45. The molecule has 0 aliphatic carbocycles. The quantitative estimate of drug-likeness (QED) is 0.200. The normalized spacial score (nSPS) is 15.3. The summed E-state index contributed by atoms with van der Waals surface area (Å²) in [6, 6.07) is 0. The van der Waals surface area contributed by atoms with Gasteiger partial charge >= 0.3 is 0 Å². The number of unbranched alkanes of at least 4 members (excludes halogenated alkanes) is 9. The van der Waals surface area contributed by atoms with Crippen molar-refractivity contribution in [3.63, 3.8) is 0 Å². The third-order valence-electron chi connectivity index (χ3n) is 5.21. The summed E-state index contributed by atoms with van der Waals surface area (Å²) < 4.78 is 28.8. The molecule has 1 aliphatic rings. The first kappa shape index (κ1) is 30.2. The molecule has 7 nitrogen and oxygen atoms in total. The maximum absolute atomic E-state index is 12.9. The molecule has 0 spiro atoms. The van der Waals surface area contributed by atoms with Crippen LogP contribution in [0.1, 0.15) is 97.8 Å². The lowest BCUT2D eigenvalue weighted by atomic mass is 10.1. The number of carbonyl (C=O) groups excluding carboxylic acids is 2. The number of sulfone groups is 1. The van der Waals surface area contributed by atoms with Crippen LogP contribution in [0.4, 0.5) is 0 Å². The molecule has 0 aromatic heterocycles. The van der Waals surface area contributed by atoms with E-state index in [1.54, 1.807) is 0 Å². The van der Waals surface area contributed by atoms with E-state index in [9.17, 15) is 18.0 Å². The Labute approximate surface area is 194 Å². The number of aliphatic hydroxyl groups is 1. The van der Waals surface area contributed by atoms with Crippen LogP contribution < -0.4 is 0 Å². The van der Waals surface area contributed by atoms with Crippen LogP contribution in [0.3, 0.4) is 0 Å². The van der Waals surface area contributed by atoms with Gasteiger partial charge in [-0.05, 0) is 19.3 Å². The van der Waals surface area contributed by atoms with E-state index in [4.69, 9.17) is 5.11 Å². The molecular weight excluding hydrogens is 436 g/mol. The van der Waals surface area contributed by atoms with Crippen molar-refractivity contribution in [3.05, 3.63) is 0 Å². The molecule has 0 aromatic rings. The molecular formula is C22H44N2O5S2. The van der Waals surface area contributed by atoms with E-state index >= 15 is 0 Å². The first-order chi connectivity index (χ1) is 14.9. The monoisotopic (exact) mass is 480 g/mol. The van der Waals surface area contributed by atoms with Crippen LogP contribution in [0.5, 0.6) is 0 Å². The molecule has 0 unspecified atom stereocenters. The second-order valence-electron chi connectivity index (χ2n) is 7.89. The predicted octanol–water partition coefficient (Wildman–Crippen LogP) is 4.35. The Bertz CT molecular complexity index is 573. The summed E-state index contributed by atoms with van der Waals surface area (Å²) in [4.78, 5) is 25.6. The molecule has 9 heteroatoms. The van der Waals surface area contributed by atoms with Crippen LogP contribution in [-0.2, 0) is 19.4 Å². The van der Waals surface area contributed by atoms with Crippen molar-refractivity contribution in [2.24, 2.45) is 0 Å². The predicted molar refractivity (Wildman–Crippen MR) is 129 cm³/mol. The van der Waals surface area contributed by atoms with Gasteiger partial charge in [-0.15, -0.1) is 0 Å². The van der Waals surface area contributed by atoms with E-state index in [0.29, 0.717) is 19.5 Å². The maximum Gasteiger partial charge on any atom is 0.261 e. The van der Waals surface area contributed by atoms with Gasteiger partial charge in [0.15, 0.2) is 9.84 Å². The van der Waals surface area contributed by atoms with Gasteiger partial charge in [0.25, 0.3) is 11.8 Å². The molecule has 2 amide bonds. The Hall–Kier alpha value is -0.800. The van der Waals surface area contributed by atoms with Crippen molar-refractivity contribution >= 4 is 33.8 Å². The van der Waals surface area contributed by atoms with Crippen LogP contribution >= 0.6 is 12.1 Å². The topological polar surface area (TPSA) is 95.0 Å². The minimum absolute atomic E-state index is 0.0853. The van der Waals surface area contributed by atoms with Crippen LogP contribution in [0.2, 0.25) is 0 Å². The lowest BCUT2D eigenvalue weighted by Gasteiger charge is -2.37. The smallest absolute Gasteiger partial charge is 0.261 e. The number of rotatable bonds is 16. The van der Waals surface area contributed by atoms with Gasteiger partial charge in [0.2, 0.25) is 5.25 Å². The Morgan fingerprint density at radius 1 is 0.710 bits per heavy atom. The van der Waals surface area contributed by atoms with Gasteiger partial charge in [-0.1, -0.05) is 78.6 Å². The number of hydrogen-bond acceptors (Lipinski definition) is 6. The maximum atomic E-state index is 12.9. The summed E-state index contributed by atoms with van der Waals surface area (Å²) >= 11 is 1.09. The summed E-state index contributed by atoms with van der Waals surface area (Å²) in [6.45, 7) is 7.18. The average molecular weight is 481 g/mol. The number of hydrogen-bond donors (Lipinski definition) is 1.